The molecule has 1 atom stereocenters. The number of hydrogen-bond acceptors (Lipinski definition) is 3. The van der Waals surface area contributed by atoms with Crippen molar-refractivity contribution in [2.75, 3.05) is 24.3 Å². The van der Waals surface area contributed by atoms with E-state index in [9.17, 15) is 0 Å². The number of thioether (sulfide) groups is 2. The first-order valence-electron chi connectivity index (χ1n) is 5.16. The van der Waals surface area contributed by atoms with Crippen molar-refractivity contribution in [1.29, 1.82) is 0 Å². The molecule has 1 aliphatic rings. The summed E-state index contributed by atoms with van der Waals surface area (Å²) in [6.45, 7) is 5.49. The van der Waals surface area contributed by atoms with Crippen molar-refractivity contribution >= 4 is 28.7 Å². The average Bonchev–Trinajstić information content (AvgIpc) is 2.61. The predicted molar refractivity (Wildman–Crippen MR) is 69.5 cm³/mol. The van der Waals surface area contributed by atoms with E-state index in [4.69, 9.17) is 0 Å². The van der Waals surface area contributed by atoms with Crippen LogP contribution in [0.2, 0.25) is 0 Å². The van der Waals surface area contributed by atoms with Gasteiger partial charge in [-0.1, -0.05) is 25.6 Å². The van der Waals surface area contributed by atoms with Crippen LogP contribution in [-0.2, 0) is 0 Å². The van der Waals surface area contributed by atoms with Gasteiger partial charge in [-0.15, -0.1) is 0 Å². The van der Waals surface area contributed by atoms with Crippen LogP contribution in [0.3, 0.4) is 0 Å². The van der Waals surface area contributed by atoms with Crippen molar-refractivity contribution in [2.24, 2.45) is 10.9 Å². The third-order valence-corrected chi connectivity index (χ3v) is 4.02. The standard InChI is InChI=1S/C10H20N2S2/c1-8(2)9-7-14-10(12-9)11-5-4-6-13-3/h8-9H,4-7H2,1-3H3,(H,11,12). The molecule has 0 radical (unpaired) electrons. The summed E-state index contributed by atoms with van der Waals surface area (Å²) < 4.78 is 0. The van der Waals surface area contributed by atoms with Gasteiger partial charge in [0, 0.05) is 18.3 Å². The summed E-state index contributed by atoms with van der Waals surface area (Å²) in [4.78, 5) is 4.55. The van der Waals surface area contributed by atoms with E-state index < -0.39 is 0 Å². The maximum atomic E-state index is 4.55. The van der Waals surface area contributed by atoms with E-state index in [1.165, 1.54) is 17.9 Å². The largest absolute Gasteiger partial charge is 0.361 e. The summed E-state index contributed by atoms with van der Waals surface area (Å²) in [5.74, 6) is 3.11. The molecule has 1 fully saturated rings. The maximum Gasteiger partial charge on any atom is 0.156 e. The first-order valence-corrected chi connectivity index (χ1v) is 7.54. The number of hydrogen-bond donors (Lipinski definition) is 1. The molecule has 1 saturated heterocycles. The van der Waals surface area contributed by atoms with Gasteiger partial charge in [0.15, 0.2) is 5.17 Å². The third kappa shape index (κ3) is 4.13. The lowest BCUT2D eigenvalue weighted by molar-refractivity contribution is 0.503. The lowest BCUT2D eigenvalue weighted by atomic mass is 10.1. The van der Waals surface area contributed by atoms with Crippen LogP contribution in [-0.4, -0.2) is 35.5 Å². The van der Waals surface area contributed by atoms with E-state index in [2.05, 4.69) is 30.4 Å². The van der Waals surface area contributed by atoms with E-state index >= 15 is 0 Å². The van der Waals surface area contributed by atoms with Gasteiger partial charge < -0.3 is 5.32 Å². The average molecular weight is 232 g/mol. The molecular formula is C10H20N2S2. The topological polar surface area (TPSA) is 24.4 Å². The van der Waals surface area contributed by atoms with Crippen molar-refractivity contribution in [2.45, 2.75) is 26.3 Å². The van der Waals surface area contributed by atoms with Gasteiger partial charge in [0.1, 0.15) is 0 Å². The zero-order chi connectivity index (χ0) is 10.4. The van der Waals surface area contributed by atoms with E-state index in [0.29, 0.717) is 12.0 Å². The second-order valence-corrected chi connectivity index (χ2v) is 5.83. The first kappa shape index (κ1) is 12.2. The molecule has 82 valence electrons. The molecule has 0 amide bonds. The van der Waals surface area contributed by atoms with Gasteiger partial charge in [-0.25, -0.2) is 0 Å². The Morgan fingerprint density at radius 1 is 1.64 bits per heavy atom. The van der Waals surface area contributed by atoms with Crippen molar-refractivity contribution < 1.29 is 0 Å². The Hall–Kier alpha value is 0.170. The second-order valence-electron chi connectivity index (χ2n) is 3.84. The predicted octanol–water partition coefficient (Wildman–Crippen LogP) is 2.46. The lowest BCUT2D eigenvalue weighted by Crippen LogP contribution is -2.31. The summed E-state index contributed by atoms with van der Waals surface area (Å²) in [5, 5.41) is 4.63. The Bertz CT molecular complexity index is 193. The van der Waals surface area contributed by atoms with Gasteiger partial charge in [-0.2, -0.15) is 11.8 Å². The highest BCUT2D eigenvalue weighted by Crippen LogP contribution is 2.18. The Balaban J connectivity index is 2.20. The molecule has 0 saturated carbocycles. The molecule has 14 heavy (non-hydrogen) atoms. The van der Waals surface area contributed by atoms with Crippen LogP contribution in [0.1, 0.15) is 20.3 Å². The van der Waals surface area contributed by atoms with Crippen LogP contribution in [0.4, 0.5) is 0 Å². The fraction of sp³-hybridized carbons (Fsp3) is 0.900. The Morgan fingerprint density at radius 3 is 3.00 bits per heavy atom. The highest BCUT2D eigenvalue weighted by molar-refractivity contribution is 8.14. The Labute approximate surface area is 95.7 Å². The minimum Gasteiger partial charge on any atom is -0.361 e. The van der Waals surface area contributed by atoms with Gasteiger partial charge in [0.25, 0.3) is 0 Å². The molecule has 0 aromatic heterocycles. The summed E-state index contributed by atoms with van der Waals surface area (Å²) in [6, 6.07) is 0.624. The third-order valence-electron chi connectivity index (χ3n) is 2.28. The van der Waals surface area contributed by atoms with Crippen molar-refractivity contribution in [3.63, 3.8) is 0 Å². The molecule has 1 heterocycles. The van der Waals surface area contributed by atoms with Crippen LogP contribution >= 0.6 is 23.5 Å². The van der Waals surface area contributed by atoms with Gasteiger partial charge in [-0.3, -0.25) is 4.99 Å². The van der Waals surface area contributed by atoms with Gasteiger partial charge in [0.05, 0.1) is 0 Å². The quantitative estimate of drug-likeness (QED) is 0.737. The molecule has 0 aromatic rings. The van der Waals surface area contributed by atoms with Crippen LogP contribution in [0.15, 0.2) is 4.99 Å². The van der Waals surface area contributed by atoms with Crippen LogP contribution in [0.25, 0.3) is 0 Å². The smallest absolute Gasteiger partial charge is 0.156 e. The van der Waals surface area contributed by atoms with Gasteiger partial charge in [-0.05, 0) is 24.3 Å². The maximum absolute atomic E-state index is 4.55. The molecular weight excluding hydrogens is 212 g/mol. The molecule has 4 heteroatoms. The summed E-state index contributed by atoms with van der Waals surface area (Å²) in [5.41, 5.74) is 0. The SMILES string of the molecule is CSCCCN=C1NC(C(C)C)CS1. The number of nitrogens with zero attached hydrogens (tertiary/aromatic N) is 1. The van der Waals surface area contributed by atoms with Gasteiger partial charge >= 0.3 is 0 Å². The molecule has 1 N–H and O–H groups in total. The van der Waals surface area contributed by atoms with Crippen molar-refractivity contribution in [1.82, 2.24) is 5.32 Å². The zero-order valence-corrected chi connectivity index (χ0v) is 10.9. The van der Waals surface area contributed by atoms with E-state index in [1.807, 2.05) is 23.5 Å². The van der Waals surface area contributed by atoms with Crippen LogP contribution in [0.5, 0.6) is 0 Å². The zero-order valence-electron chi connectivity index (χ0n) is 9.25. The monoisotopic (exact) mass is 232 g/mol. The van der Waals surface area contributed by atoms with Crippen molar-refractivity contribution in [3.8, 4) is 0 Å². The molecule has 0 aliphatic carbocycles. The number of amidine groups is 1. The number of aliphatic imine (C=N–C) groups is 1. The van der Waals surface area contributed by atoms with Crippen LogP contribution < -0.4 is 5.32 Å². The Kier molecular flexibility index (Phi) is 5.78. The molecule has 0 bridgehead atoms. The molecule has 0 aromatic carbocycles. The van der Waals surface area contributed by atoms with E-state index in [1.54, 1.807) is 0 Å². The second kappa shape index (κ2) is 6.62. The normalized spacial score (nSPS) is 24.6. The minimum absolute atomic E-state index is 0.624. The van der Waals surface area contributed by atoms with E-state index in [-0.39, 0.29) is 0 Å². The number of rotatable bonds is 5. The van der Waals surface area contributed by atoms with Crippen molar-refractivity contribution in [3.05, 3.63) is 0 Å². The summed E-state index contributed by atoms with van der Waals surface area (Å²) >= 11 is 3.76. The van der Waals surface area contributed by atoms with Gasteiger partial charge in [0.2, 0.25) is 0 Å². The fourth-order valence-corrected chi connectivity index (χ4v) is 2.89. The summed E-state index contributed by atoms with van der Waals surface area (Å²) in [7, 11) is 0. The molecule has 1 unspecified atom stereocenters. The fourth-order valence-electron chi connectivity index (χ4n) is 1.25. The molecule has 1 rings (SSSR count). The van der Waals surface area contributed by atoms with E-state index in [0.717, 1.165) is 11.7 Å². The summed E-state index contributed by atoms with van der Waals surface area (Å²) in [6.07, 6.45) is 3.34. The van der Waals surface area contributed by atoms with Crippen LogP contribution in [0, 0.1) is 5.92 Å². The molecule has 2 nitrogen and oxygen atoms in total. The first-order chi connectivity index (χ1) is 6.74. The molecule has 0 spiro atoms. The highest BCUT2D eigenvalue weighted by Gasteiger charge is 2.22. The Morgan fingerprint density at radius 2 is 2.43 bits per heavy atom. The highest BCUT2D eigenvalue weighted by atomic mass is 32.2. The number of nitrogens with one attached hydrogen (secondary N) is 1. The molecule has 1 aliphatic heterocycles. The lowest BCUT2D eigenvalue weighted by Gasteiger charge is -2.12. The minimum atomic E-state index is 0.624.